The highest BCUT2D eigenvalue weighted by molar-refractivity contribution is 5.71. The van der Waals surface area contributed by atoms with Crippen LogP contribution in [-0.2, 0) is 28.6 Å². The van der Waals surface area contributed by atoms with Gasteiger partial charge in [-0.3, -0.25) is 14.4 Å². The van der Waals surface area contributed by atoms with E-state index in [-0.39, 0.29) is 31.1 Å². The summed E-state index contributed by atoms with van der Waals surface area (Å²) in [6.45, 7) is 6.67. The molecule has 0 spiro atoms. The summed E-state index contributed by atoms with van der Waals surface area (Å²) in [5.74, 6) is -0.844. The molecule has 56 heavy (non-hydrogen) atoms. The van der Waals surface area contributed by atoms with Gasteiger partial charge in [0.05, 0.1) is 0 Å². The van der Waals surface area contributed by atoms with Crippen LogP contribution in [0.4, 0.5) is 0 Å². The van der Waals surface area contributed by atoms with E-state index in [1.807, 2.05) is 0 Å². The van der Waals surface area contributed by atoms with Crippen LogP contribution in [0.5, 0.6) is 0 Å². The maximum atomic E-state index is 12.7. The fraction of sp³-hybridized carbons (Fsp3) is 0.940. The SMILES string of the molecule is CCCCCCCCCCCCCCCC(=O)OCC(COC(=O)CCCCCCCCCCCCCCC)OC(=O)CCCCCCCCCCCCCC. The molecule has 0 aromatic rings. The fourth-order valence-electron chi connectivity index (χ4n) is 7.56. The number of ether oxygens (including phenoxy) is 3. The van der Waals surface area contributed by atoms with Gasteiger partial charge in [0.1, 0.15) is 13.2 Å². The number of carbonyl (C=O) groups excluding carboxylic acids is 3. The van der Waals surface area contributed by atoms with Crippen LogP contribution in [0.3, 0.4) is 0 Å². The highest BCUT2D eigenvalue weighted by Gasteiger charge is 2.19. The molecule has 0 aliphatic carbocycles. The Kier molecular flexibility index (Phi) is 44.8. The normalized spacial score (nSPS) is 11.4. The van der Waals surface area contributed by atoms with Crippen molar-refractivity contribution in [3.05, 3.63) is 0 Å². The molecule has 0 bridgehead atoms. The second-order valence-electron chi connectivity index (χ2n) is 17.1. The average Bonchev–Trinajstić information content (AvgIpc) is 3.19. The molecule has 0 rings (SSSR count). The lowest BCUT2D eigenvalue weighted by molar-refractivity contribution is -0.167. The maximum absolute atomic E-state index is 12.7. The smallest absolute Gasteiger partial charge is 0.306 e. The van der Waals surface area contributed by atoms with Crippen molar-refractivity contribution in [3.63, 3.8) is 0 Å². The quantitative estimate of drug-likeness (QED) is 0.0347. The van der Waals surface area contributed by atoms with E-state index < -0.39 is 6.10 Å². The van der Waals surface area contributed by atoms with Crippen LogP contribution in [0.15, 0.2) is 0 Å². The molecule has 332 valence electrons. The highest BCUT2D eigenvalue weighted by Crippen LogP contribution is 2.16. The van der Waals surface area contributed by atoms with Gasteiger partial charge in [0, 0.05) is 19.3 Å². The predicted molar refractivity (Wildman–Crippen MR) is 238 cm³/mol. The molecule has 0 radical (unpaired) electrons. The van der Waals surface area contributed by atoms with E-state index in [1.54, 1.807) is 0 Å². The summed E-state index contributed by atoms with van der Waals surface area (Å²) in [5, 5.41) is 0. The lowest BCUT2D eigenvalue weighted by Gasteiger charge is -2.18. The Bertz CT molecular complexity index is 782. The molecular formula is C50H96O6. The second-order valence-corrected chi connectivity index (χ2v) is 17.1. The molecule has 0 saturated heterocycles. The van der Waals surface area contributed by atoms with E-state index in [0.29, 0.717) is 19.3 Å². The predicted octanol–water partition coefficient (Wildman–Crippen LogP) is 16.0. The van der Waals surface area contributed by atoms with E-state index in [0.717, 1.165) is 57.8 Å². The standard InChI is InChI=1S/C50H96O6/c1-4-7-10-13-16-19-22-25-28-30-33-36-39-42-48(51)54-45-47(56-50(53)44-41-38-35-32-27-24-21-18-15-12-9-6-3)46-55-49(52)43-40-37-34-31-29-26-23-20-17-14-11-8-5-2/h47H,4-46H2,1-3H3. The molecule has 0 saturated carbocycles. The number of hydrogen-bond donors (Lipinski definition) is 0. The maximum Gasteiger partial charge on any atom is 0.306 e. The number of rotatable bonds is 46. The fourth-order valence-corrected chi connectivity index (χ4v) is 7.56. The van der Waals surface area contributed by atoms with Gasteiger partial charge in [-0.05, 0) is 19.3 Å². The van der Waals surface area contributed by atoms with Crippen LogP contribution >= 0.6 is 0 Å². The van der Waals surface area contributed by atoms with Crippen molar-refractivity contribution >= 4 is 17.9 Å². The molecular weight excluding hydrogens is 697 g/mol. The Hall–Kier alpha value is -1.59. The first-order valence-corrected chi connectivity index (χ1v) is 25.0. The Morgan fingerprint density at radius 1 is 0.286 bits per heavy atom. The second kappa shape index (κ2) is 46.1. The van der Waals surface area contributed by atoms with E-state index >= 15 is 0 Å². The van der Waals surface area contributed by atoms with Crippen LogP contribution in [0.25, 0.3) is 0 Å². The van der Waals surface area contributed by atoms with Crippen molar-refractivity contribution in [2.45, 2.75) is 290 Å². The van der Waals surface area contributed by atoms with Gasteiger partial charge < -0.3 is 14.2 Å². The van der Waals surface area contributed by atoms with Gasteiger partial charge in [0.15, 0.2) is 6.10 Å². The van der Waals surface area contributed by atoms with Crippen LogP contribution in [0.1, 0.15) is 284 Å². The van der Waals surface area contributed by atoms with E-state index in [4.69, 9.17) is 14.2 Å². The van der Waals surface area contributed by atoms with Crippen molar-refractivity contribution < 1.29 is 28.6 Å². The summed E-state index contributed by atoms with van der Waals surface area (Å²) in [6, 6.07) is 0. The first-order valence-electron chi connectivity index (χ1n) is 25.0. The minimum atomic E-state index is -0.758. The Morgan fingerprint density at radius 2 is 0.482 bits per heavy atom. The number of hydrogen-bond acceptors (Lipinski definition) is 6. The summed E-state index contributed by atoms with van der Waals surface area (Å²) >= 11 is 0. The molecule has 0 aliphatic heterocycles. The number of unbranched alkanes of at least 4 members (excludes halogenated alkanes) is 35. The third-order valence-corrected chi connectivity index (χ3v) is 11.4. The van der Waals surface area contributed by atoms with Crippen molar-refractivity contribution in [3.8, 4) is 0 Å². The van der Waals surface area contributed by atoms with Crippen molar-refractivity contribution in [2.24, 2.45) is 0 Å². The van der Waals surface area contributed by atoms with Crippen LogP contribution in [0, 0.1) is 0 Å². The van der Waals surface area contributed by atoms with Gasteiger partial charge in [-0.15, -0.1) is 0 Å². The number of carbonyl (C=O) groups is 3. The lowest BCUT2D eigenvalue weighted by atomic mass is 10.0. The molecule has 0 amide bonds. The lowest BCUT2D eigenvalue weighted by Crippen LogP contribution is -2.30. The molecule has 0 aromatic heterocycles. The van der Waals surface area contributed by atoms with Gasteiger partial charge in [0.2, 0.25) is 0 Å². The monoisotopic (exact) mass is 793 g/mol. The zero-order valence-corrected chi connectivity index (χ0v) is 37.9. The molecule has 6 nitrogen and oxygen atoms in total. The zero-order valence-electron chi connectivity index (χ0n) is 37.9. The summed E-state index contributed by atoms with van der Waals surface area (Å²) in [5.41, 5.74) is 0. The summed E-state index contributed by atoms with van der Waals surface area (Å²) in [6.07, 6.45) is 47.9. The van der Waals surface area contributed by atoms with Crippen LogP contribution in [0.2, 0.25) is 0 Å². The number of esters is 3. The Morgan fingerprint density at radius 3 is 0.714 bits per heavy atom. The van der Waals surface area contributed by atoms with Crippen molar-refractivity contribution in [1.82, 2.24) is 0 Å². The summed E-state index contributed by atoms with van der Waals surface area (Å²) in [7, 11) is 0. The molecule has 0 heterocycles. The van der Waals surface area contributed by atoms with Crippen LogP contribution < -0.4 is 0 Å². The molecule has 0 fully saturated rings. The molecule has 0 unspecified atom stereocenters. The first kappa shape index (κ1) is 54.4. The van der Waals surface area contributed by atoms with Gasteiger partial charge in [-0.1, -0.05) is 245 Å². The Balaban J connectivity index is 4.31. The largest absolute Gasteiger partial charge is 0.462 e. The topological polar surface area (TPSA) is 78.9 Å². The summed E-state index contributed by atoms with van der Waals surface area (Å²) < 4.78 is 16.8. The molecule has 0 atom stereocenters. The molecule has 0 aromatic carbocycles. The van der Waals surface area contributed by atoms with Gasteiger partial charge in [0.25, 0.3) is 0 Å². The molecule has 0 N–H and O–H groups in total. The van der Waals surface area contributed by atoms with E-state index in [9.17, 15) is 14.4 Å². The highest BCUT2D eigenvalue weighted by atomic mass is 16.6. The zero-order chi connectivity index (χ0) is 40.8. The first-order chi connectivity index (χ1) is 27.5. The van der Waals surface area contributed by atoms with Crippen molar-refractivity contribution in [1.29, 1.82) is 0 Å². The van der Waals surface area contributed by atoms with Crippen molar-refractivity contribution in [2.75, 3.05) is 13.2 Å². The van der Waals surface area contributed by atoms with E-state index in [1.165, 1.54) is 186 Å². The van der Waals surface area contributed by atoms with Crippen LogP contribution in [-0.4, -0.2) is 37.2 Å². The minimum absolute atomic E-state index is 0.0620. The van der Waals surface area contributed by atoms with E-state index in [2.05, 4.69) is 20.8 Å². The minimum Gasteiger partial charge on any atom is -0.462 e. The third kappa shape index (κ3) is 43.5. The summed E-state index contributed by atoms with van der Waals surface area (Å²) in [4.78, 5) is 37.8. The Labute approximate surface area is 348 Å². The van der Waals surface area contributed by atoms with Gasteiger partial charge in [-0.25, -0.2) is 0 Å². The average molecular weight is 793 g/mol. The molecule has 6 heteroatoms. The van der Waals surface area contributed by atoms with Gasteiger partial charge >= 0.3 is 17.9 Å². The van der Waals surface area contributed by atoms with Gasteiger partial charge in [-0.2, -0.15) is 0 Å². The third-order valence-electron chi connectivity index (χ3n) is 11.4. The molecule has 0 aliphatic rings.